The van der Waals surface area contributed by atoms with E-state index in [-0.39, 0.29) is 11.0 Å². The highest BCUT2D eigenvalue weighted by Gasteiger charge is 2.15. The van der Waals surface area contributed by atoms with Crippen molar-refractivity contribution in [3.05, 3.63) is 69.9 Å². The van der Waals surface area contributed by atoms with Gasteiger partial charge in [0.15, 0.2) is 0 Å². The van der Waals surface area contributed by atoms with E-state index in [1.165, 1.54) is 12.4 Å². The van der Waals surface area contributed by atoms with Crippen LogP contribution in [0.5, 0.6) is 0 Å². The highest BCUT2D eigenvalue weighted by atomic mass is 16.2. The average molecular weight is 335 g/mol. The zero-order valence-electron chi connectivity index (χ0n) is 13.9. The van der Waals surface area contributed by atoms with Crippen LogP contribution in [0.25, 0.3) is 11.0 Å². The summed E-state index contributed by atoms with van der Waals surface area (Å²) in [4.78, 5) is 33.4. The first-order chi connectivity index (χ1) is 12.1. The largest absolute Gasteiger partial charge is 0.332 e. The Bertz CT molecular complexity index is 1010. The summed E-state index contributed by atoms with van der Waals surface area (Å²) in [6, 6.07) is 8.80. The molecule has 1 amide bonds. The van der Waals surface area contributed by atoms with Crippen molar-refractivity contribution in [2.45, 2.75) is 20.4 Å². The molecule has 3 heterocycles. The van der Waals surface area contributed by atoms with Gasteiger partial charge in [-0.3, -0.25) is 14.6 Å². The molecule has 3 rings (SSSR count). The number of nitrogens with zero attached hydrogens (tertiary/aromatic N) is 4. The lowest BCUT2D eigenvalue weighted by molar-refractivity contribution is 0.0953. The van der Waals surface area contributed by atoms with E-state index in [1.807, 2.05) is 19.9 Å². The third-order valence-electron chi connectivity index (χ3n) is 3.70. The molecule has 0 spiro atoms. The van der Waals surface area contributed by atoms with Gasteiger partial charge in [-0.25, -0.2) is 10.4 Å². The van der Waals surface area contributed by atoms with Crippen LogP contribution in [0.2, 0.25) is 0 Å². The van der Waals surface area contributed by atoms with E-state index in [0.29, 0.717) is 23.3 Å². The summed E-state index contributed by atoms with van der Waals surface area (Å²) < 4.78 is 1.78. The fourth-order valence-corrected chi connectivity index (χ4v) is 2.43. The molecule has 0 fully saturated rings. The summed E-state index contributed by atoms with van der Waals surface area (Å²) in [6.07, 6.45) is 4.56. The van der Waals surface area contributed by atoms with Crippen LogP contribution in [-0.2, 0) is 6.54 Å². The number of carbonyl (C=O) groups is 1. The van der Waals surface area contributed by atoms with E-state index in [2.05, 4.69) is 20.5 Å². The van der Waals surface area contributed by atoms with E-state index in [1.54, 1.807) is 35.0 Å². The maximum atomic E-state index is 12.6. The molecule has 7 nitrogen and oxygen atoms in total. The molecule has 0 aliphatic heterocycles. The predicted molar refractivity (Wildman–Crippen MR) is 95.7 cm³/mol. The van der Waals surface area contributed by atoms with Gasteiger partial charge < -0.3 is 4.57 Å². The number of fused-ring (bicyclic) bond motifs is 1. The van der Waals surface area contributed by atoms with Crippen LogP contribution >= 0.6 is 0 Å². The average Bonchev–Trinajstić information content (AvgIpc) is 2.62. The molecule has 7 heteroatoms. The molecule has 0 radical (unpaired) electrons. The molecule has 25 heavy (non-hydrogen) atoms. The van der Waals surface area contributed by atoms with Gasteiger partial charge in [-0.2, -0.15) is 5.10 Å². The van der Waals surface area contributed by atoms with Crippen molar-refractivity contribution in [3.63, 3.8) is 0 Å². The van der Waals surface area contributed by atoms with Gasteiger partial charge in [0.1, 0.15) is 11.2 Å². The predicted octanol–water partition coefficient (Wildman–Crippen LogP) is 1.88. The minimum Gasteiger partial charge on any atom is -0.332 e. The molecule has 0 unspecified atom stereocenters. The van der Waals surface area contributed by atoms with Crippen LogP contribution in [0.3, 0.4) is 0 Å². The fraction of sp³-hybridized carbons (Fsp3) is 0.167. The molecule has 3 aromatic heterocycles. The van der Waals surface area contributed by atoms with Gasteiger partial charge in [0.2, 0.25) is 5.43 Å². The van der Waals surface area contributed by atoms with E-state index < -0.39 is 5.91 Å². The van der Waals surface area contributed by atoms with Crippen molar-refractivity contribution in [1.82, 2.24) is 20.0 Å². The first kappa shape index (κ1) is 16.5. The third kappa shape index (κ3) is 3.45. The molecule has 0 aromatic carbocycles. The van der Waals surface area contributed by atoms with E-state index in [4.69, 9.17) is 0 Å². The van der Waals surface area contributed by atoms with Crippen molar-refractivity contribution in [2.75, 3.05) is 0 Å². The Hall–Kier alpha value is -3.35. The molecule has 0 saturated heterocycles. The van der Waals surface area contributed by atoms with E-state index in [9.17, 15) is 9.59 Å². The Morgan fingerprint density at radius 2 is 2.16 bits per heavy atom. The lowest BCUT2D eigenvalue weighted by atomic mass is 10.1. The third-order valence-corrected chi connectivity index (χ3v) is 3.70. The standard InChI is InChI=1S/C18H17N5O2/c1-3-23-11-15(16(24)14-8-7-12(2)21-17(14)23)18(25)22-20-10-13-6-4-5-9-19-13/h4-11H,3H2,1-2H3,(H,22,25)/b20-10+. The molecule has 126 valence electrons. The van der Waals surface area contributed by atoms with Gasteiger partial charge >= 0.3 is 0 Å². The number of hydrazone groups is 1. The van der Waals surface area contributed by atoms with Crippen LogP contribution in [0.15, 0.2) is 52.6 Å². The van der Waals surface area contributed by atoms with Crippen LogP contribution in [-0.4, -0.2) is 26.7 Å². The number of pyridine rings is 3. The lowest BCUT2D eigenvalue weighted by Crippen LogP contribution is -2.27. The number of rotatable bonds is 4. The number of nitrogens with one attached hydrogen (secondary N) is 1. The van der Waals surface area contributed by atoms with Crippen LogP contribution < -0.4 is 10.9 Å². The van der Waals surface area contributed by atoms with E-state index >= 15 is 0 Å². The highest BCUT2D eigenvalue weighted by molar-refractivity contribution is 5.97. The molecule has 0 saturated carbocycles. The number of aryl methyl sites for hydroxylation is 2. The smallest absolute Gasteiger partial charge is 0.276 e. The zero-order valence-corrected chi connectivity index (χ0v) is 13.9. The Labute approximate surface area is 144 Å². The summed E-state index contributed by atoms with van der Waals surface area (Å²) in [7, 11) is 0. The summed E-state index contributed by atoms with van der Waals surface area (Å²) in [6.45, 7) is 4.37. The SMILES string of the molecule is CCn1cc(C(=O)N/N=C/c2ccccn2)c(=O)c2ccc(C)nc21. The second-order valence-corrected chi connectivity index (χ2v) is 5.44. The van der Waals surface area contributed by atoms with Gasteiger partial charge in [0.25, 0.3) is 5.91 Å². The molecular formula is C18H17N5O2. The van der Waals surface area contributed by atoms with Crippen molar-refractivity contribution in [2.24, 2.45) is 5.10 Å². The fourth-order valence-electron chi connectivity index (χ4n) is 2.43. The first-order valence-electron chi connectivity index (χ1n) is 7.85. The minimum atomic E-state index is -0.568. The molecule has 3 aromatic rings. The number of aromatic nitrogens is 3. The molecular weight excluding hydrogens is 318 g/mol. The Kier molecular flexibility index (Phi) is 4.65. The van der Waals surface area contributed by atoms with Gasteiger partial charge in [-0.1, -0.05) is 6.07 Å². The zero-order chi connectivity index (χ0) is 17.8. The Balaban J connectivity index is 1.94. The Morgan fingerprint density at radius 3 is 2.88 bits per heavy atom. The monoisotopic (exact) mass is 335 g/mol. The van der Waals surface area contributed by atoms with E-state index in [0.717, 1.165) is 5.69 Å². The molecule has 0 bridgehead atoms. The van der Waals surface area contributed by atoms with Crippen molar-refractivity contribution >= 4 is 23.2 Å². The highest BCUT2D eigenvalue weighted by Crippen LogP contribution is 2.11. The second-order valence-electron chi connectivity index (χ2n) is 5.44. The van der Waals surface area contributed by atoms with Crippen molar-refractivity contribution < 1.29 is 4.79 Å². The van der Waals surface area contributed by atoms with Crippen molar-refractivity contribution in [1.29, 1.82) is 0 Å². The Morgan fingerprint density at radius 1 is 1.32 bits per heavy atom. The molecule has 0 atom stereocenters. The topological polar surface area (TPSA) is 89.2 Å². The lowest BCUT2D eigenvalue weighted by Gasteiger charge is -2.10. The number of carbonyl (C=O) groups excluding carboxylic acids is 1. The molecule has 1 N–H and O–H groups in total. The summed E-state index contributed by atoms with van der Waals surface area (Å²) >= 11 is 0. The van der Waals surface area contributed by atoms with Crippen molar-refractivity contribution in [3.8, 4) is 0 Å². The molecule has 0 aliphatic rings. The maximum Gasteiger partial charge on any atom is 0.276 e. The minimum absolute atomic E-state index is 0.0261. The van der Waals surface area contributed by atoms with Gasteiger partial charge in [-0.05, 0) is 38.1 Å². The first-order valence-corrected chi connectivity index (χ1v) is 7.85. The van der Waals surface area contributed by atoms with Gasteiger partial charge in [-0.15, -0.1) is 0 Å². The van der Waals surface area contributed by atoms with Crippen LogP contribution in [0.1, 0.15) is 28.7 Å². The summed E-state index contributed by atoms with van der Waals surface area (Å²) in [5.74, 6) is -0.568. The summed E-state index contributed by atoms with van der Waals surface area (Å²) in [5.41, 5.74) is 4.02. The maximum absolute atomic E-state index is 12.6. The molecule has 0 aliphatic carbocycles. The number of hydrogen-bond donors (Lipinski definition) is 1. The summed E-state index contributed by atoms with van der Waals surface area (Å²) in [5, 5.41) is 4.27. The second kappa shape index (κ2) is 7.04. The quantitative estimate of drug-likeness (QED) is 0.582. The van der Waals surface area contributed by atoms with Gasteiger partial charge in [0.05, 0.1) is 17.3 Å². The number of amides is 1. The number of hydrogen-bond acceptors (Lipinski definition) is 5. The normalized spacial score (nSPS) is 11.1. The van der Waals surface area contributed by atoms with Crippen LogP contribution in [0.4, 0.5) is 0 Å². The van der Waals surface area contributed by atoms with Gasteiger partial charge in [0, 0.05) is 24.6 Å². The van der Waals surface area contributed by atoms with Crippen LogP contribution in [0, 0.1) is 6.92 Å².